The van der Waals surface area contributed by atoms with E-state index in [9.17, 15) is 0 Å². The number of benzene rings is 3. The molecule has 0 unspecified atom stereocenters. The van der Waals surface area contributed by atoms with Gasteiger partial charge in [-0.3, -0.25) is 0 Å². The van der Waals surface area contributed by atoms with Gasteiger partial charge in [-0.2, -0.15) is 0 Å². The van der Waals surface area contributed by atoms with Crippen molar-refractivity contribution >= 4 is 38.8 Å². The molecule has 0 saturated carbocycles. The van der Waals surface area contributed by atoms with Gasteiger partial charge in [0.05, 0.1) is 5.02 Å². The van der Waals surface area contributed by atoms with Gasteiger partial charge in [-0.25, -0.2) is 0 Å². The fraction of sp³-hybridized carbons (Fsp3) is 0.176. The summed E-state index contributed by atoms with van der Waals surface area (Å²) in [5.74, 6) is 0. The molecule has 2 heteroatoms. The summed E-state index contributed by atoms with van der Waals surface area (Å²) in [5, 5.41) is 5.03. The van der Waals surface area contributed by atoms with Gasteiger partial charge in [0.2, 0.25) is 0 Å². The van der Waals surface area contributed by atoms with E-state index in [1.165, 1.54) is 11.1 Å². The average molecular weight is 270 g/mol. The van der Waals surface area contributed by atoms with Crippen molar-refractivity contribution in [2.45, 2.75) is 20.3 Å². The molecular formula is C17H16ClN. The van der Waals surface area contributed by atoms with Crippen molar-refractivity contribution in [2.24, 2.45) is 0 Å². The second-order valence-corrected chi connectivity index (χ2v) is 5.28. The van der Waals surface area contributed by atoms with Crippen LogP contribution < -0.4 is 5.73 Å². The minimum Gasteiger partial charge on any atom is -0.398 e. The Balaban J connectivity index is 2.60. The van der Waals surface area contributed by atoms with Gasteiger partial charge in [-0.15, -0.1) is 0 Å². The monoisotopic (exact) mass is 269 g/mol. The molecule has 0 bridgehead atoms. The van der Waals surface area contributed by atoms with Crippen molar-refractivity contribution in [1.29, 1.82) is 0 Å². The van der Waals surface area contributed by atoms with E-state index >= 15 is 0 Å². The summed E-state index contributed by atoms with van der Waals surface area (Å²) < 4.78 is 0. The Morgan fingerprint density at radius 2 is 1.68 bits per heavy atom. The third-order valence-corrected chi connectivity index (χ3v) is 4.31. The minimum absolute atomic E-state index is 0.813. The van der Waals surface area contributed by atoms with Crippen LogP contribution in [0.1, 0.15) is 18.1 Å². The van der Waals surface area contributed by atoms with Gasteiger partial charge in [0.25, 0.3) is 0 Å². The number of anilines is 1. The number of hydrogen-bond donors (Lipinski definition) is 1. The van der Waals surface area contributed by atoms with E-state index in [4.69, 9.17) is 17.3 Å². The fourth-order valence-corrected chi connectivity index (χ4v) is 3.24. The van der Waals surface area contributed by atoms with Crippen LogP contribution in [0.25, 0.3) is 21.5 Å². The van der Waals surface area contributed by atoms with Gasteiger partial charge >= 0.3 is 0 Å². The molecule has 3 aromatic rings. The minimum atomic E-state index is 0.813. The smallest absolute Gasteiger partial charge is 0.0567 e. The molecule has 0 heterocycles. The second-order valence-electron chi connectivity index (χ2n) is 4.90. The highest BCUT2D eigenvalue weighted by atomic mass is 35.5. The van der Waals surface area contributed by atoms with Crippen molar-refractivity contribution in [3.8, 4) is 0 Å². The van der Waals surface area contributed by atoms with E-state index in [1.807, 2.05) is 24.3 Å². The normalized spacial score (nSPS) is 11.3. The van der Waals surface area contributed by atoms with Gasteiger partial charge < -0.3 is 5.73 Å². The molecule has 0 spiro atoms. The summed E-state index contributed by atoms with van der Waals surface area (Å²) in [6, 6.07) is 12.3. The summed E-state index contributed by atoms with van der Waals surface area (Å²) in [4.78, 5) is 0. The number of halogens is 1. The first-order chi connectivity index (χ1) is 9.15. The first-order valence-corrected chi connectivity index (χ1v) is 6.90. The Kier molecular flexibility index (Phi) is 2.87. The van der Waals surface area contributed by atoms with Crippen molar-refractivity contribution in [2.75, 3.05) is 5.73 Å². The maximum atomic E-state index is 6.63. The Labute approximate surface area is 118 Å². The molecule has 3 rings (SSSR count). The van der Waals surface area contributed by atoms with Crippen molar-refractivity contribution < 1.29 is 0 Å². The maximum Gasteiger partial charge on any atom is 0.0567 e. The fourth-order valence-electron chi connectivity index (χ4n) is 2.83. The zero-order chi connectivity index (χ0) is 13.6. The highest BCUT2D eigenvalue weighted by molar-refractivity contribution is 6.42. The topological polar surface area (TPSA) is 26.0 Å². The first kappa shape index (κ1) is 12.3. The predicted molar refractivity (Wildman–Crippen MR) is 85.0 cm³/mol. The first-order valence-electron chi connectivity index (χ1n) is 6.53. The van der Waals surface area contributed by atoms with E-state index in [0.717, 1.165) is 38.7 Å². The van der Waals surface area contributed by atoms with E-state index in [-0.39, 0.29) is 0 Å². The molecule has 0 aliphatic rings. The van der Waals surface area contributed by atoms with Crippen LogP contribution in [0.5, 0.6) is 0 Å². The second kappa shape index (κ2) is 4.43. The average Bonchev–Trinajstić information content (AvgIpc) is 2.44. The summed E-state index contributed by atoms with van der Waals surface area (Å²) in [6.07, 6.45) is 1.00. The largest absolute Gasteiger partial charge is 0.398 e. The Hall–Kier alpha value is -1.73. The highest BCUT2D eigenvalue weighted by Gasteiger charge is 2.13. The molecule has 0 fully saturated rings. The summed E-state index contributed by atoms with van der Waals surface area (Å²) in [6.45, 7) is 4.29. The lowest BCUT2D eigenvalue weighted by Crippen LogP contribution is -1.95. The van der Waals surface area contributed by atoms with Crippen LogP contribution >= 0.6 is 11.6 Å². The lowest BCUT2D eigenvalue weighted by Gasteiger charge is -2.14. The molecular weight excluding hydrogens is 254 g/mol. The third kappa shape index (κ3) is 1.69. The Morgan fingerprint density at radius 1 is 1.00 bits per heavy atom. The summed E-state index contributed by atoms with van der Waals surface area (Å²) in [5.41, 5.74) is 9.71. The quantitative estimate of drug-likeness (QED) is 0.483. The summed E-state index contributed by atoms with van der Waals surface area (Å²) in [7, 11) is 0. The maximum absolute atomic E-state index is 6.63. The van der Waals surface area contributed by atoms with Gasteiger partial charge in [0, 0.05) is 27.2 Å². The van der Waals surface area contributed by atoms with Crippen LogP contribution in [0.2, 0.25) is 5.02 Å². The molecule has 0 aliphatic heterocycles. The molecule has 96 valence electrons. The molecule has 0 aliphatic carbocycles. The zero-order valence-electron chi connectivity index (χ0n) is 11.1. The molecule has 0 atom stereocenters. The Bertz CT molecular complexity index is 790. The lowest BCUT2D eigenvalue weighted by atomic mass is 9.94. The molecule has 0 radical (unpaired) electrons. The number of rotatable bonds is 1. The molecule has 19 heavy (non-hydrogen) atoms. The van der Waals surface area contributed by atoms with Crippen LogP contribution in [0.3, 0.4) is 0 Å². The van der Waals surface area contributed by atoms with Gasteiger partial charge in [-0.05, 0) is 24.5 Å². The summed E-state index contributed by atoms with van der Waals surface area (Å²) >= 11 is 6.63. The van der Waals surface area contributed by atoms with Gasteiger partial charge in [0.15, 0.2) is 0 Å². The van der Waals surface area contributed by atoms with Crippen LogP contribution in [-0.4, -0.2) is 0 Å². The molecule has 2 N–H and O–H groups in total. The van der Waals surface area contributed by atoms with Crippen LogP contribution in [0.4, 0.5) is 5.69 Å². The van der Waals surface area contributed by atoms with E-state index < -0.39 is 0 Å². The van der Waals surface area contributed by atoms with Gasteiger partial charge in [0.1, 0.15) is 0 Å². The van der Waals surface area contributed by atoms with E-state index in [1.54, 1.807) is 0 Å². The van der Waals surface area contributed by atoms with Crippen LogP contribution in [0, 0.1) is 6.92 Å². The van der Waals surface area contributed by atoms with Crippen LogP contribution in [-0.2, 0) is 6.42 Å². The highest BCUT2D eigenvalue weighted by Crippen LogP contribution is 2.40. The third-order valence-electron chi connectivity index (χ3n) is 3.92. The van der Waals surface area contributed by atoms with Gasteiger partial charge in [-0.1, -0.05) is 54.9 Å². The van der Waals surface area contributed by atoms with Crippen molar-refractivity contribution in [1.82, 2.24) is 0 Å². The number of hydrogen-bond acceptors (Lipinski definition) is 1. The van der Waals surface area contributed by atoms with Crippen LogP contribution in [0.15, 0.2) is 36.4 Å². The molecule has 0 amide bonds. The number of nitrogen functional groups attached to an aromatic ring is 1. The molecule has 1 nitrogen and oxygen atoms in total. The number of nitrogens with two attached hydrogens (primary N) is 1. The van der Waals surface area contributed by atoms with Crippen molar-refractivity contribution in [3.63, 3.8) is 0 Å². The zero-order valence-corrected chi connectivity index (χ0v) is 11.9. The molecule has 0 aromatic heterocycles. The predicted octanol–water partition coefficient (Wildman–Crippen LogP) is 5.10. The Morgan fingerprint density at radius 3 is 2.37 bits per heavy atom. The standard InChI is InChI=1S/C17H16ClN/c1-3-11-8-9-14-15(10(11)2)16(18)12-6-4-5-7-13(12)17(14)19/h4-9H,3,19H2,1-2H3. The van der Waals surface area contributed by atoms with E-state index in [2.05, 4.69) is 26.0 Å². The number of fused-ring (bicyclic) bond motifs is 2. The molecule has 0 saturated heterocycles. The SMILES string of the molecule is CCc1ccc2c(N)c3ccccc3c(Cl)c2c1C. The van der Waals surface area contributed by atoms with E-state index in [0.29, 0.717) is 0 Å². The lowest BCUT2D eigenvalue weighted by molar-refractivity contribution is 1.12. The number of aryl methyl sites for hydroxylation is 2. The molecule has 3 aromatic carbocycles. The van der Waals surface area contributed by atoms with Crippen molar-refractivity contribution in [3.05, 3.63) is 52.5 Å².